The molecule has 21 heavy (non-hydrogen) atoms. The molecule has 0 spiro atoms. The van der Waals surface area contributed by atoms with Gasteiger partial charge in [-0.25, -0.2) is 9.59 Å². The SMILES string of the molecule is CC(C)CCN(C(=O)N[C@H](C(=O)O)C(C)C)C1CCCC1. The highest BCUT2D eigenvalue weighted by Crippen LogP contribution is 2.24. The summed E-state index contributed by atoms with van der Waals surface area (Å²) in [5.41, 5.74) is 0. The van der Waals surface area contributed by atoms with Gasteiger partial charge in [-0.15, -0.1) is 0 Å². The van der Waals surface area contributed by atoms with Crippen LogP contribution in [0.15, 0.2) is 0 Å². The molecule has 1 rings (SSSR count). The van der Waals surface area contributed by atoms with Crippen molar-refractivity contribution >= 4 is 12.0 Å². The van der Waals surface area contributed by atoms with Gasteiger partial charge in [-0.1, -0.05) is 40.5 Å². The van der Waals surface area contributed by atoms with Gasteiger partial charge >= 0.3 is 12.0 Å². The van der Waals surface area contributed by atoms with E-state index in [1.165, 1.54) is 0 Å². The van der Waals surface area contributed by atoms with Crippen molar-refractivity contribution in [1.82, 2.24) is 10.2 Å². The second-order valence-corrected chi connectivity index (χ2v) is 6.82. The Labute approximate surface area is 128 Å². The van der Waals surface area contributed by atoms with E-state index in [1.807, 2.05) is 18.7 Å². The fourth-order valence-electron chi connectivity index (χ4n) is 2.79. The smallest absolute Gasteiger partial charge is 0.326 e. The molecule has 5 heteroatoms. The number of amides is 2. The Morgan fingerprint density at radius 3 is 2.19 bits per heavy atom. The second kappa shape index (κ2) is 8.25. The maximum absolute atomic E-state index is 12.5. The van der Waals surface area contributed by atoms with Crippen molar-refractivity contribution in [3.05, 3.63) is 0 Å². The van der Waals surface area contributed by atoms with Crippen LogP contribution in [0, 0.1) is 11.8 Å². The summed E-state index contributed by atoms with van der Waals surface area (Å²) in [5, 5.41) is 11.9. The summed E-state index contributed by atoms with van der Waals surface area (Å²) in [4.78, 5) is 25.6. The molecule has 0 saturated heterocycles. The molecule has 1 saturated carbocycles. The maximum Gasteiger partial charge on any atom is 0.326 e. The van der Waals surface area contributed by atoms with Crippen molar-refractivity contribution < 1.29 is 14.7 Å². The number of carboxylic acids is 1. The largest absolute Gasteiger partial charge is 0.480 e. The summed E-state index contributed by atoms with van der Waals surface area (Å²) in [5.74, 6) is -0.558. The topological polar surface area (TPSA) is 69.6 Å². The fraction of sp³-hybridized carbons (Fsp3) is 0.875. The average molecular weight is 298 g/mol. The highest BCUT2D eigenvalue weighted by atomic mass is 16.4. The molecule has 2 N–H and O–H groups in total. The Balaban J connectivity index is 2.71. The second-order valence-electron chi connectivity index (χ2n) is 6.82. The Morgan fingerprint density at radius 2 is 1.76 bits per heavy atom. The van der Waals surface area contributed by atoms with Crippen molar-refractivity contribution in [2.24, 2.45) is 11.8 Å². The van der Waals surface area contributed by atoms with Crippen LogP contribution in [0.25, 0.3) is 0 Å². The van der Waals surface area contributed by atoms with Gasteiger partial charge in [0.15, 0.2) is 0 Å². The van der Waals surface area contributed by atoms with Gasteiger partial charge in [0.1, 0.15) is 6.04 Å². The van der Waals surface area contributed by atoms with Crippen molar-refractivity contribution in [1.29, 1.82) is 0 Å². The molecule has 0 bridgehead atoms. The monoisotopic (exact) mass is 298 g/mol. The van der Waals surface area contributed by atoms with Gasteiger partial charge in [0.05, 0.1) is 0 Å². The zero-order chi connectivity index (χ0) is 16.0. The van der Waals surface area contributed by atoms with Gasteiger partial charge in [0.2, 0.25) is 0 Å². The molecule has 5 nitrogen and oxygen atoms in total. The molecule has 0 aliphatic heterocycles. The van der Waals surface area contributed by atoms with E-state index in [2.05, 4.69) is 19.2 Å². The molecular weight excluding hydrogens is 268 g/mol. The lowest BCUT2D eigenvalue weighted by Gasteiger charge is -2.31. The normalized spacial score (nSPS) is 17.2. The molecule has 0 aromatic rings. The first-order chi connectivity index (χ1) is 9.82. The number of urea groups is 1. The van der Waals surface area contributed by atoms with Gasteiger partial charge in [0, 0.05) is 12.6 Å². The van der Waals surface area contributed by atoms with E-state index in [9.17, 15) is 14.7 Å². The number of carbonyl (C=O) groups excluding carboxylic acids is 1. The van der Waals surface area contributed by atoms with Crippen LogP contribution in [-0.2, 0) is 4.79 Å². The third kappa shape index (κ3) is 5.56. The number of rotatable bonds is 7. The summed E-state index contributed by atoms with van der Waals surface area (Å²) in [6.45, 7) is 8.61. The summed E-state index contributed by atoms with van der Waals surface area (Å²) >= 11 is 0. The van der Waals surface area contributed by atoms with Crippen molar-refractivity contribution in [3.8, 4) is 0 Å². The number of aliphatic carboxylic acids is 1. The molecule has 0 unspecified atom stereocenters. The van der Waals surface area contributed by atoms with Gasteiger partial charge < -0.3 is 15.3 Å². The minimum atomic E-state index is -0.964. The quantitative estimate of drug-likeness (QED) is 0.759. The first-order valence-corrected chi connectivity index (χ1v) is 8.12. The van der Waals surface area contributed by atoms with Crippen LogP contribution in [0.1, 0.15) is 59.8 Å². The van der Waals surface area contributed by atoms with Crippen LogP contribution in [0.5, 0.6) is 0 Å². The Morgan fingerprint density at radius 1 is 1.19 bits per heavy atom. The number of hydrogen-bond acceptors (Lipinski definition) is 2. The first-order valence-electron chi connectivity index (χ1n) is 8.12. The average Bonchev–Trinajstić information content (AvgIpc) is 2.88. The molecule has 1 fully saturated rings. The predicted octanol–water partition coefficient (Wildman–Crippen LogP) is 3.10. The molecule has 122 valence electrons. The number of nitrogens with one attached hydrogen (secondary N) is 1. The third-order valence-corrected chi connectivity index (χ3v) is 4.19. The molecule has 1 atom stereocenters. The molecule has 2 amide bonds. The van der Waals surface area contributed by atoms with E-state index in [4.69, 9.17) is 0 Å². The van der Waals surface area contributed by atoms with E-state index in [-0.39, 0.29) is 18.0 Å². The standard InChI is InChI=1S/C16H30N2O3/c1-11(2)9-10-18(13-7-5-6-8-13)16(21)17-14(12(3)4)15(19)20/h11-14H,5-10H2,1-4H3,(H,17,21)(H,19,20)/t14-/m0/s1. The van der Waals surface area contributed by atoms with E-state index >= 15 is 0 Å². The lowest BCUT2D eigenvalue weighted by Crippen LogP contribution is -2.52. The van der Waals surface area contributed by atoms with E-state index in [1.54, 1.807) is 0 Å². The summed E-state index contributed by atoms with van der Waals surface area (Å²) in [7, 11) is 0. The summed E-state index contributed by atoms with van der Waals surface area (Å²) in [6.07, 6.45) is 5.32. The van der Waals surface area contributed by atoms with E-state index in [0.717, 1.165) is 32.1 Å². The fourth-order valence-corrected chi connectivity index (χ4v) is 2.79. The predicted molar refractivity (Wildman–Crippen MR) is 83.2 cm³/mol. The van der Waals surface area contributed by atoms with Crippen molar-refractivity contribution in [2.75, 3.05) is 6.54 Å². The van der Waals surface area contributed by atoms with E-state index in [0.29, 0.717) is 12.5 Å². The lowest BCUT2D eigenvalue weighted by molar-refractivity contribution is -0.140. The minimum Gasteiger partial charge on any atom is -0.480 e. The van der Waals surface area contributed by atoms with Crippen LogP contribution in [0.4, 0.5) is 4.79 Å². The maximum atomic E-state index is 12.5. The zero-order valence-electron chi connectivity index (χ0n) is 13.8. The Bertz CT molecular complexity index is 349. The van der Waals surface area contributed by atoms with Gasteiger partial charge in [-0.3, -0.25) is 0 Å². The molecule has 1 aliphatic rings. The summed E-state index contributed by atoms with van der Waals surface area (Å²) < 4.78 is 0. The van der Waals surface area contributed by atoms with Crippen LogP contribution in [-0.4, -0.2) is 40.6 Å². The van der Waals surface area contributed by atoms with Crippen molar-refractivity contribution in [3.63, 3.8) is 0 Å². The van der Waals surface area contributed by atoms with Crippen molar-refractivity contribution in [2.45, 2.75) is 71.9 Å². The minimum absolute atomic E-state index is 0.123. The summed E-state index contributed by atoms with van der Waals surface area (Å²) in [6, 6.07) is -0.769. The first kappa shape index (κ1) is 17.8. The highest BCUT2D eigenvalue weighted by Gasteiger charge is 2.30. The molecule has 0 aromatic carbocycles. The van der Waals surface area contributed by atoms with Crippen LogP contribution >= 0.6 is 0 Å². The number of hydrogen-bond donors (Lipinski definition) is 2. The third-order valence-electron chi connectivity index (χ3n) is 4.19. The molecule has 0 radical (unpaired) electrons. The highest BCUT2D eigenvalue weighted by molar-refractivity contribution is 5.83. The Hall–Kier alpha value is -1.26. The van der Waals surface area contributed by atoms with Crippen LogP contribution in [0.3, 0.4) is 0 Å². The molecule has 0 aromatic heterocycles. The number of carboxylic acid groups (broad SMARTS) is 1. The van der Waals surface area contributed by atoms with Gasteiger partial charge in [-0.05, 0) is 31.1 Å². The zero-order valence-corrected chi connectivity index (χ0v) is 13.8. The van der Waals surface area contributed by atoms with Crippen LogP contribution < -0.4 is 5.32 Å². The van der Waals surface area contributed by atoms with Gasteiger partial charge in [-0.2, -0.15) is 0 Å². The lowest BCUT2D eigenvalue weighted by atomic mass is 10.0. The number of nitrogens with zero attached hydrogens (tertiary/aromatic N) is 1. The van der Waals surface area contributed by atoms with Gasteiger partial charge in [0.25, 0.3) is 0 Å². The molecule has 0 heterocycles. The van der Waals surface area contributed by atoms with Crippen LogP contribution in [0.2, 0.25) is 0 Å². The number of carbonyl (C=O) groups is 2. The molecular formula is C16H30N2O3. The molecule has 1 aliphatic carbocycles. The van der Waals surface area contributed by atoms with E-state index < -0.39 is 12.0 Å². The Kier molecular flexibility index (Phi) is 6.99.